The van der Waals surface area contributed by atoms with Crippen molar-refractivity contribution in [2.75, 3.05) is 13.6 Å². The summed E-state index contributed by atoms with van der Waals surface area (Å²) < 4.78 is 13.2. The van der Waals surface area contributed by atoms with Crippen LogP contribution < -0.4 is 4.74 Å². The van der Waals surface area contributed by atoms with Crippen molar-refractivity contribution in [1.82, 2.24) is 24.9 Å². The Balaban J connectivity index is 1.41. The Hall–Kier alpha value is -3.17. The highest BCUT2D eigenvalue weighted by Crippen LogP contribution is 2.38. The lowest BCUT2D eigenvalue weighted by molar-refractivity contribution is -0.143. The fourth-order valence-electron chi connectivity index (χ4n) is 4.52. The van der Waals surface area contributed by atoms with Gasteiger partial charge < -0.3 is 19.5 Å². The fourth-order valence-corrected chi connectivity index (χ4v) is 4.52. The summed E-state index contributed by atoms with van der Waals surface area (Å²) in [5, 5.41) is 17.6. The van der Waals surface area contributed by atoms with E-state index in [0.29, 0.717) is 59.7 Å². The first-order chi connectivity index (χ1) is 16.2. The lowest BCUT2D eigenvalue weighted by atomic mass is 9.87. The maximum absolute atomic E-state index is 12.4. The van der Waals surface area contributed by atoms with E-state index in [-0.39, 0.29) is 24.7 Å². The lowest BCUT2D eigenvalue weighted by Gasteiger charge is -2.27. The van der Waals surface area contributed by atoms with Gasteiger partial charge in [0.15, 0.2) is 0 Å². The van der Waals surface area contributed by atoms with Crippen LogP contribution in [0.15, 0.2) is 12.1 Å². The molecule has 1 N–H and O–H groups in total. The van der Waals surface area contributed by atoms with Gasteiger partial charge in [-0.3, -0.25) is 4.79 Å². The molecule has 2 aromatic rings. The Kier molecular flexibility index (Phi) is 7.04. The molecule has 2 aromatic heterocycles. The number of hydrogen-bond acceptors (Lipinski definition) is 7. The van der Waals surface area contributed by atoms with Crippen LogP contribution in [0.2, 0.25) is 0 Å². The van der Waals surface area contributed by atoms with Gasteiger partial charge in [-0.25, -0.2) is 14.5 Å². The molecule has 0 bridgehead atoms. The average molecular weight is 472 g/mol. The van der Waals surface area contributed by atoms with Crippen LogP contribution in [0.5, 0.6) is 5.75 Å². The van der Waals surface area contributed by atoms with E-state index in [9.17, 15) is 14.7 Å². The number of carboxylic acid groups (broad SMARTS) is 1. The first kappa shape index (κ1) is 24.0. The Labute approximate surface area is 199 Å². The number of aryl methyl sites for hydroxylation is 2. The van der Waals surface area contributed by atoms with Crippen LogP contribution in [0.4, 0.5) is 4.79 Å². The van der Waals surface area contributed by atoms with Gasteiger partial charge in [0, 0.05) is 20.6 Å². The number of ether oxygens (including phenoxy) is 2. The second-order valence-electron chi connectivity index (χ2n) is 9.64. The van der Waals surface area contributed by atoms with Gasteiger partial charge in [0.05, 0.1) is 23.4 Å². The molecule has 0 aromatic carbocycles. The number of carboxylic acids is 1. The largest absolute Gasteiger partial charge is 0.489 e. The van der Waals surface area contributed by atoms with Crippen molar-refractivity contribution in [2.45, 2.75) is 58.7 Å². The molecule has 10 heteroatoms. The van der Waals surface area contributed by atoms with Crippen molar-refractivity contribution in [3.05, 3.63) is 23.5 Å². The van der Waals surface area contributed by atoms with Crippen molar-refractivity contribution in [2.24, 2.45) is 24.8 Å². The molecule has 2 fully saturated rings. The molecule has 4 rings (SSSR count). The molecule has 2 heterocycles. The second kappa shape index (κ2) is 9.99. The SMILES string of the molecule is Cc1nc(-c2nnn(C)c2COC(=O)N(C)C[C@@H]2C[C@H]2C)ccc1O[C@H]1CCC[C@@H](C(=O)O)C1. The number of amides is 1. The molecule has 0 saturated heterocycles. The summed E-state index contributed by atoms with van der Waals surface area (Å²) in [6.45, 7) is 4.78. The Morgan fingerprint density at radius 1 is 1.26 bits per heavy atom. The highest BCUT2D eigenvalue weighted by Gasteiger charge is 2.34. The van der Waals surface area contributed by atoms with E-state index >= 15 is 0 Å². The molecule has 2 aliphatic carbocycles. The van der Waals surface area contributed by atoms with E-state index in [4.69, 9.17) is 9.47 Å². The van der Waals surface area contributed by atoms with E-state index in [1.54, 1.807) is 29.7 Å². The van der Waals surface area contributed by atoms with Gasteiger partial charge in [0.25, 0.3) is 0 Å². The third kappa shape index (κ3) is 5.48. The Bertz CT molecular complexity index is 1050. The smallest absolute Gasteiger partial charge is 0.409 e. The van der Waals surface area contributed by atoms with Gasteiger partial charge >= 0.3 is 12.1 Å². The maximum atomic E-state index is 12.4. The molecule has 4 atom stereocenters. The number of hydrogen-bond donors (Lipinski definition) is 1. The van der Waals surface area contributed by atoms with E-state index in [1.165, 1.54) is 0 Å². The molecule has 2 saturated carbocycles. The number of pyridine rings is 1. The Morgan fingerprint density at radius 3 is 2.71 bits per heavy atom. The molecule has 10 nitrogen and oxygen atoms in total. The molecule has 34 heavy (non-hydrogen) atoms. The quantitative estimate of drug-likeness (QED) is 0.622. The molecule has 0 spiro atoms. The number of carbonyl (C=O) groups is 2. The number of rotatable bonds is 8. The van der Waals surface area contributed by atoms with E-state index < -0.39 is 5.97 Å². The molecular weight excluding hydrogens is 438 g/mol. The van der Waals surface area contributed by atoms with Gasteiger partial charge in [-0.1, -0.05) is 12.1 Å². The van der Waals surface area contributed by atoms with Crippen molar-refractivity contribution in [3.63, 3.8) is 0 Å². The number of aromatic nitrogens is 4. The van der Waals surface area contributed by atoms with E-state index in [2.05, 4.69) is 22.2 Å². The maximum Gasteiger partial charge on any atom is 0.409 e. The van der Waals surface area contributed by atoms with Crippen LogP contribution in [-0.4, -0.2) is 61.7 Å². The number of nitrogens with zero attached hydrogens (tertiary/aromatic N) is 5. The minimum atomic E-state index is -0.761. The molecule has 0 aliphatic heterocycles. The summed E-state index contributed by atoms with van der Waals surface area (Å²) in [4.78, 5) is 30.0. The van der Waals surface area contributed by atoms with Crippen LogP contribution in [-0.2, 0) is 23.2 Å². The number of carbonyl (C=O) groups excluding carboxylic acids is 1. The number of aliphatic carboxylic acids is 1. The van der Waals surface area contributed by atoms with Gasteiger partial charge in [0.1, 0.15) is 23.7 Å². The molecular formula is C24H33N5O5. The summed E-state index contributed by atoms with van der Waals surface area (Å²) in [5.74, 6) is 0.738. The molecule has 184 valence electrons. The predicted octanol–water partition coefficient (Wildman–Crippen LogP) is 3.43. The third-order valence-corrected chi connectivity index (χ3v) is 6.92. The Morgan fingerprint density at radius 2 is 2.03 bits per heavy atom. The summed E-state index contributed by atoms with van der Waals surface area (Å²) >= 11 is 0. The van der Waals surface area contributed by atoms with Gasteiger partial charge in [-0.2, -0.15) is 0 Å². The highest BCUT2D eigenvalue weighted by molar-refractivity contribution is 5.70. The van der Waals surface area contributed by atoms with Crippen molar-refractivity contribution in [3.8, 4) is 17.1 Å². The van der Waals surface area contributed by atoms with Gasteiger partial charge in [-0.15, -0.1) is 5.10 Å². The van der Waals surface area contributed by atoms with Crippen LogP contribution >= 0.6 is 0 Å². The van der Waals surface area contributed by atoms with Crippen LogP contribution in [0.1, 0.15) is 50.4 Å². The van der Waals surface area contributed by atoms with E-state index in [0.717, 1.165) is 19.3 Å². The average Bonchev–Trinajstić information content (AvgIpc) is 3.37. The molecule has 0 radical (unpaired) electrons. The van der Waals surface area contributed by atoms with Crippen LogP contribution in [0.25, 0.3) is 11.4 Å². The van der Waals surface area contributed by atoms with Crippen molar-refractivity contribution < 1.29 is 24.2 Å². The highest BCUT2D eigenvalue weighted by atomic mass is 16.6. The lowest BCUT2D eigenvalue weighted by Crippen LogP contribution is -2.30. The summed E-state index contributed by atoms with van der Waals surface area (Å²) in [7, 11) is 3.51. The zero-order valence-electron chi connectivity index (χ0n) is 20.2. The normalized spacial score (nSPS) is 23.9. The van der Waals surface area contributed by atoms with Crippen LogP contribution in [0, 0.1) is 24.7 Å². The second-order valence-corrected chi connectivity index (χ2v) is 9.64. The van der Waals surface area contributed by atoms with Crippen molar-refractivity contribution in [1.29, 1.82) is 0 Å². The summed E-state index contributed by atoms with van der Waals surface area (Å²) in [5.41, 5.74) is 2.49. The standard InChI is InChI=1S/C24H33N5O5/c1-14-10-17(14)12-28(3)24(32)33-13-20-22(26-27-29(20)4)19-8-9-21(15(2)25-19)34-18-7-5-6-16(11-18)23(30)31/h8-9,14,16-18H,5-7,10-13H2,1-4H3,(H,30,31)/t14-,16-,17+,18+/m1/s1. The monoisotopic (exact) mass is 471 g/mol. The predicted molar refractivity (Wildman–Crippen MR) is 123 cm³/mol. The topological polar surface area (TPSA) is 120 Å². The zero-order valence-corrected chi connectivity index (χ0v) is 20.2. The summed E-state index contributed by atoms with van der Waals surface area (Å²) in [6, 6.07) is 3.63. The minimum absolute atomic E-state index is 0.0415. The molecule has 1 amide bonds. The van der Waals surface area contributed by atoms with Gasteiger partial charge in [-0.05, 0) is 63.0 Å². The molecule has 0 unspecified atom stereocenters. The van der Waals surface area contributed by atoms with Crippen LogP contribution in [0.3, 0.4) is 0 Å². The van der Waals surface area contributed by atoms with Gasteiger partial charge in [0.2, 0.25) is 0 Å². The third-order valence-electron chi connectivity index (χ3n) is 6.92. The zero-order chi connectivity index (χ0) is 24.4. The van der Waals surface area contributed by atoms with Crippen molar-refractivity contribution >= 4 is 12.1 Å². The molecule has 2 aliphatic rings. The summed E-state index contributed by atoms with van der Waals surface area (Å²) in [6.07, 6.45) is 3.51. The first-order valence-corrected chi connectivity index (χ1v) is 11.9. The minimum Gasteiger partial charge on any atom is -0.489 e. The fraction of sp³-hybridized carbons (Fsp3) is 0.625. The first-order valence-electron chi connectivity index (χ1n) is 11.9. The van der Waals surface area contributed by atoms with E-state index in [1.807, 2.05) is 13.0 Å².